The molecule has 0 aromatic heterocycles. The Hall–Kier alpha value is -0.810. The lowest BCUT2D eigenvalue weighted by Crippen LogP contribution is -2.50. The van der Waals surface area contributed by atoms with Gasteiger partial charge in [-0.05, 0) is 39.8 Å². The molecule has 0 aromatic carbocycles. The highest BCUT2D eigenvalue weighted by molar-refractivity contribution is 5.79. The van der Waals surface area contributed by atoms with Crippen LogP contribution in [0.2, 0.25) is 0 Å². The first-order valence-electron chi connectivity index (χ1n) is 8.54. The number of likely N-dealkylation sites (tertiary alicyclic amines) is 1. The summed E-state index contributed by atoms with van der Waals surface area (Å²) >= 11 is 0. The van der Waals surface area contributed by atoms with Crippen molar-refractivity contribution in [3.63, 3.8) is 0 Å². The normalized spacial score (nSPS) is 18.5. The number of hydrogen-bond donors (Lipinski definition) is 2. The lowest BCUT2D eigenvalue weighted by molar-refractivity contribution is 0.167. The van der Waals surface area contributed by atoms with Crippen molar-refractivity contribution in [2.24, 2.45) is 4.99 Å². The zero-order valence-electron chi connectivity index (χ0n) is 14.7. The van der Waals surface area contributed by atoms with E-state index in [0.29, 0.717) is 12.1 Å². The van der Waals surface area contributed by atoms with Crippen LogP contribution in [0.4, 0.5) is 0 Å². The van der Waals surface area contributed by atoms with Crippen LogP contribution in [0, 0.1) is 0 Å². The second-order valence-corrected chi connectivity index (χ2v) is 6.07. The maximum atomic E-state index is 4.35. The maximum Gasteiger partial charge on any atom is 0.191 e. The molecule has 1 rings (SSSR count). The summed E-state index contributed by atoms with van der Waals surface area (Å²) < 4.78 is 0. The van der Waals surface area contributed by atoms with Gasteiger partial charge in [0.2, 0.25) is 0 Å². The summed E-state index contributed by atoms with van der Waals surface area (Å²) in [6.07, 6.45) is 2.41. The lowest BCUT2D eigenvalue weighted by atomic mass is 10.0. The van der Waals surface area contributed by atoms with Gasteiger partial charge in [0, 0.05) is 45.3 Å². The van der Waals surface area contributed by atoms with Crippen LogP contribution in [-0.4, -0.2) is 74.2 Å². The fourth-order valence-electron chi connectivity index (χ4n) is 2.82. The molecule has 2 N–H and O–H groups in total. The summed E-state index contributed by atoms with van der Waals surface area (Å²) in [5, 5.41) is 7.00. The van der Waals surface area contributed by atoms with Crippen LogP contribution >= 0.6 is 0 Å². The number of likely N-dealkylation sites (N-methyl/N-ethyl adjacent to an activating group) is 1. The fourth-order valence-corrected chi connectivity index (χ4v) is 2.82. The molecule has 1 heterocycles. The van der Waals surface area contributed by atoms with Gasteiger partial charge in [-0.1, -0.05) is 13.8 Å². The van der Waals surface area contributed by atoms with Crippen molar-refractivity contribution in [1.29, 1.82) is 0 Å². The first kappa shape index (κ1) is 18.2. The molecule has 0 bridgehead atoms. The van der Waals surface area contributed by atoms with E-state index in [2.05, 4.69) is 53.1 Å². The van der Waals surface area contributed by atoms with Crippen LogP contribution in [0.25, 0.3) is 0 Å². The standard InChI is InChI=1S/C16H35N5/c1-6-20(7-2)13-10-18-16(17-5)19-15-8-11-21(12-9-15)14(3)4/h14-15H,6-13H2,1-5H3,(H2,17,18,19). The van der Waals surface area contributed by atoms with Crippen molar-refractivity contribution < 1.29 is 0 Å². The molecule has 5 nitrogen and oxygen atoms in total. The monoisotopic (exact) mass is 297 g/mol. The number of hydrogen-bond acceptors (Lipinski definition) is 3. The molecule has 1 saturated heterocycles. The molecule has 0 radical (unpaired) electrons. The minimum atomic E-state index is 0.555. The van der Waals surface area contributed by atoms with Gasteiger partial charge in [0.1, 0.15) is 0 Å². The van der Waals surface area contributed by atoms with Gasteiger partial charge < -0.3 is 20.4 Å². The number of nitrogens with one attached hydrogen (secondary N) is 2. The van der Waals surface area contributed by atoms with E-state index in [4.69, 9.17) is 0 Å². The molecule has 5 heteroatoms. The second kappa shape index (κ2) is 10.0. The third-order valence-electron chi connectivity index (χ3n) is 4.44. The molecule has 0 saturated carbocycles. The summed E-state index contributed by atoms with van der Waals surface area (Å²) in [5.74, 6) is 0.949. The Balaban J connectivity index is 2.26. The van der Waals surface area contributed by atoms with Gasteiger partial charge in [0.15, 0.2) is 5.96 Å². The molecular formula is C16H35N5. The topological polar surface area (TPSA) is 42.9 Å². The first-order valence-corrected chi connectivity index (χ1v) is 8.54. The van der Waals surface area contributed by atoms with Crippen LogP contribution in [0.5, 0.6) is 0 Å². The van der Waals surface area contributed by atoms with E-state index >= 15 is 0 Å². The molecule has 1 aliphatic rings. The van der Waals surface area contributed by atoms with E-state index in [0.717, 1.165) is 32.1 Å². The van der Waals surface area contributed by atoms with Crippen LogP contribution < -0.4 is 10.6 Å². The molecule has 0 spiro atoms. The summed E-state index contributed by atoms with van der Waals surface area (Å²) in [5.41, 5.74) is 0. The van der Waals surface area contributed by atoms with Crippen molar-refractivity contribution in [1.82, 2.24) is 20.4 Å². The number of aliphatic imine (C=N–C) groups is 1. The van der Waals surface area contributed by atoms with E-state index in [9.17, 15) is 0 Å². The molecule has 0 aromatic rings. The van der Waals surface area contributed by atoms with E-state index in [1.165, 1.54) is 25.9 Å². The van der Waals surface area contributed by atoms with E-state index < -0.39 is 0 Å². The molecule has 0 aliphatic carbocycles. The predicted octanol–water partition coefficient (Wildman–Crippen LogP) is 1.37. The molecule has 0 unspecified atom stereocenters. The van der Waals surface area contributed by atoms with Crippen LogP contribution in [0.15, 0.2) is 4.99 Å². The quantitative estimate of drug-likeness (QED) is 0.550. The largest absolute Gasteiger partial charge is 0.355 e. The third-order valence-corrected chi connectivity index (χ3v) is 4.44. The molecule has 1 fully saturated rings. The smallest absolute Gasteiger partial charge is 0.191 e. The van der Waals surface area contributed by atoms with E-state index in [1.54, 1.807) is 0 Å². The van der Waals surface area contributed by atoms with Gasteiger partial charge in [-0.15, -0.1) is 0 Å². The predicted molar refractivity (Wildman–Crippen MR) is 92.0 cm³/mol. The summed E-state index contributed by atoms with van der Waals surface area (Å²) in [7, 11) is 1.86. The highest BCUT2D eigenvalue weighted by atomic mass is 15.2. The first-order chi connectivity index (χ1) is 10.1. The zero-order chi connectivity index (χ0) is 15.7. The van der Waals surface area contributed by atoms with Crippen molar-refractivity contribution in [2.75, 3.05) is 46.3 Å². The Labute approximate surface area is 131 Å². The van der Waals surface area contributed by atoms with Crippen LogP contribution in [0.1, 0.15) is 40.5 Å². The van der Waals surface area contributed by atoms with Gasteiger partial charge >= 0.3 is 0 Å². The third kappa shape index (κ3) is 6.66. The van der Waals surface area contributed by atoms with Crippen LogP contribution in [-0.2, 0) is 0 Å². The van der Waals surface area contributed by atoms with Gasteiger partial charge in [-0.25, -0.2) is 0 Å². The Kier molecular flexibility index (Phi) is 8.69. The second-order valence-electron chi connectivity index (χ2n) is 6.07. The van der Waals surface area contributed by atoms with Gasteiger partial charge in [0.25, 0.3) is 0 Å². The van der Waals surface area contributed by atoms with Crippen LogP contribution in [0.3, 0.4) is 0 Å². The zero-order valence-corrected chi connectivity index (χ0v) is 14.7. The minimum absolute atomic E-state index is 0.555. The number of nitrogens with zero attached hydrogens (tertiary/aromatic N) is 3. The molecule has 0 amide bonds. The number of piperidine rings is 1. The van der Waals surface area contributed by atoms with Crippen molar-refractivity contribution in [3.8, 4) is 0 Å². The Morgan fingerprint density at radius 3 is 2.33 bits per heavy atom. The average Bonchev–Trinajstić information content (AvgIpc) is 2.50. The Bertz CT molecular complexity index is 291. The number of rotatable bonds is 7. The van der Waals surface area contributed by atoms with Gasteiger partial charge in [-0.2, -0.15) is 0 Å². The Morgan fingerprint density at radius 1 is 1.24 bits per heavy atom. The summed E-state index contributed by atoms with van der Waals surface area (Å²) in [6, 6.07) is 1.22. The highest BCUT2D eigenvalue weighted by Gasteiger charge is 2.21. The maximum absolute atomic E-state index is 4.35. The minimum Gasteiger partial charge on any atom is -0.355 e. The molecular weight excluding hydrogens is 262 g/mol. The molecule has 1 aliphatic heterocycles. The lowest BCUT2D eigenvalue weighted by Gasteiger charge is -2.35. The summed E-state index contributed by atoms with van der Waals surface area (Å²) in [6.45, 7) is 15.6. The number of guanidine groups is 1. The highest BCUT2D eigenvalue weighted by Crippen LogP contribution is 2.12. The van der Waals surface area contributed by atoms with Gasteiger partial charge in [-0.3, -0.25) is 4.99 Å². The molecule has 21 heavy (non-hydrogen) atoms. The van der Waals surface area contributed by atoms with E-state index in [-0.39, 0.29) is 0 Å². The van der Waals surface area contributed by atoms with Crippen molar-refractivity contribution in [3.05, 3.63) is 0 Å². The van der Waals surface area contributed by atoms with E-state index in [1.807, 2.05) is 7.05 Å². The SMILES string of the molecule is CCN(CC)CCNC(=NC)NC1CCN(C(C)C)CC1. The average molecular weight is 297 g/mol. The fraction of sp³-hybridized carbons (Fsp3) is 0.938. The molecule has 124 valence electrons. The summed E-state index contributed by atoms with van der Waals surface area (Å²) in [4.78, 5) is 9.32. The molecule has 0 atom stereocenters. The van der Waals surface area contributed by atoms with Gasteiger partial charge in [0.05, 0.1) is 0 Å². The van der Waals surface area contributed by atoms with Crippen molar-refractivity contribution >= 4 is 5.96 Å². The Morgan fingerprint density at radius 2 is 1.86 bits per heavy atom. The van der Waals surface area contributed by atoms with Crippen molar-refractivity contribution in [2.45, 2.75) is 52.6 Å².